The van der Waals surface area contributed by atoms with Crippen LogP contribution < -0.4 is 14.8 Å². The topological polar surface area (TPSA) is 91.2 Å². The van der Waals surface area contributed by atoms with Crippen molar-refractivity contribution in [2.45, 2.75) is 18.9 Å². The van der Waals surface area contributed by atoms with E-state index in [1.807, 2.05) is 28.9 Å². The van der Waals surface area contributed by atoms with Gasteiger partial charge in [-0.05, 0) is 47.5 Å². The molecule has 2 aromatic carbocycles. The molecule has 8 heteroatoms. The van der Waals surface area contributed by atoms with Gasteiger partial charge in [-0.25, -0.2) is 4.68 Å². The summed E-state index contributed by atoms with van der Waals surface area (Å²) in [6, 6.07) is 12.9. The molecule has 0 radical (unpaired) electrons. The number of nitrogens with one attached hydrogen (secondary N) is 1. The van der Waals surface area contributed by atoms with Crippen LogP contribution in [0.3, 0.4) is 0 Å². The van der Waals surface area contributed by atoms with Crippen molar-refractivity contribution < 1.29 is 14.3 Å². The highest BCUT2D eigenvalue weighted by molar-refractivity contribution is 6.05. The molecule has 0 aliphatic heterocycles. The number of tetrazole rings is 1. The third kappa shape index (κ3) is 3.59. The Balaban J connectivity index is 1.58. The van der Waals surface area contributed by atoms with Crippen molar-refractivity contribution in [1.82, 2.24) is 20.2 Å². The number of nitrogens with zero attached hydrogens (tertiary/aromatic N) is 4. The minimum absolute atomic E-state index is 0.258. The van der Waals surface area contributed by atoms with Crippen molar-refractivity contribution in [1.29, 1.82) is 0 Å². The minimum atomic E-state index is -0.258. The van der Waals surface area contributed by atoms with Crippen LogP contribution in [0.2, 0.25) is 0 Å². The summed E-state index contributed by atoms with van der Waals surface area (Å²) in [5, 5.41) is 14.9. The van der Waals surface area contributed by atoms with Gasteiger partial charge in [0, 0.05) is 22.9 Å². The van der Waals surface area contributed by atoms with Gasteiger partial charge in [0.1, 0.15) is 11.5 Å². The summed E-state index contributed by atoms with van der Waals surface area (Å²) in [5.41, 5.74) is 1.96. The molecule has 27 heavy (non-hydrogen) atoms. The van der Waals surface area contributed by atoms with Gasteiger partial charge in [0.2, 0.25) is 0 Å². The van der Waals surface area contributed by atoms with Crippen molar-refractivity contribution in [2.24, 2.45) is 0 Å². The fourth-order valence-electron chi connectivity index (χ4n) is 2.83. The number of amides is 1. The van der Waals surface area contributed by atoms with Crippen LogP contribution in [-0.2, 0) is 0 Å². The number of methoxy groups -OCH3 is 2. The molecule has 0 spiro atoms. The molecule has 0 saturated heterocycles. The van der Waals surface area contributed by atoms with Crippen molar-refractivity contribution in [2.75, 3.05) is 19.5 Å². The second-order valence-corrected chi connectivity index (χ2v) is 6.31. The lowest BCUT2D eigenvalue weighted by Gasteiger charge is -2.10. The summed E-state index contributed by atoms with van der Waals surface area (Å²) < 4.78 is 12.3. The highest BCUT2D eigenvalue weighted by Gasteiger charge is 2.28. The van der Waals surface area contributed by atoms with Gasteiger partial charge >= 0.3 is 0 Å². The van der Waals surface area contributed by atoms with E-state index >= 15 is 0 Å². The number of rotatable bonds is 6. The number of benzene rings is 2. The van der Waals surface area contributed by atoms with E-state index < -0.39 is 0 Å². The molecule has 1 aliphatic rings. The number of hydrogen-bond donors (Lipinski definition) is 1. The predicted octanol–water partition coefficient (Wildman–Crippen LogP) is 2.94. The first-order valence-electron chi connectivity index (χ1n) is 8.60. The molecule has 1 aliphatic carbocycles. The van der Waals surface area contributed by atoms with Crippen LogP contribution in [-0.4, -0.2) is 40.3 Å². The SMILES string of the molecule is COc1cc(OC)cc(C(=O)Nc2cccc(-c3nnnn3C3CC3)c2)c1. The van der Waals surface area contributed by atoms with E-state index in [9.17, 15) is 4.79 Å². The lowest BCUT2D eigenvalue weighted by atomic mass is 10.1. The largest absolute Gasteiger partial charge is 0.497 e. The summed E-state index contributed by atoms with van der Waals surface area (Å²) >= 11 is 0. The van der Waals surface area contributed by atoms with Gasteiger partial charge < -0.3 is 14.8 Å². The Morgan fingerprint density at radius 3 is 2.52 bits per heavy atom. The first-order valence-corrected chi connectivity index (χ1v) is 8.60. The fraction of sp³-hybridized carbons (Fsp3) is 0.263. The number of carbonyl (C=O) groups excluding carboxylic acids is 1. The molecule has 4 rings (SSSR count). The van der Waals surface area contributed by atoms with E-state index in [0.29, 0.717) is 34.6 Å². The Labute approximate surface area is 156 Å². The first-order chi connectivity index (χ1) is 13.2. The highest BCUT2D eigenvalue weighted by Crippen LogP contribution is 2.36. The van der Waals surface area contributed by atoms with Gasteiger partial charge in [-0.1, -0.05) is 12.1 Å². The minimum Gasteiger partial charge on any atom is -0.497 e. The Bertz CT molecular complexity index is 959. The summed E-state index contributed by atoms with van der Waals surface area (Å²) in [6.07, 6.45) is 2.18. The van der Waals surface area contributed by atoms with Gasteiger partial charge in [-0.15, -0.1) is 5.10 Å². The molecule has 1 N–H and O–H groups in total. The maximum absolute atomic E-state index is 12.7. The molecule has 138 valence electrons. The van der Waals surface area contributed by atoms with Crippen molar-refractivity contribution in [3.8, 4) is 22.9 Å². The average molecular weight is 365 g/mol. The Morgan fingerprint density at radius 2 is 1.85 bits per heavy atom. The lowest BCUT2D eigenvalue weighted by molar-refractivity contribution is 0.102. The zero-order valence-corrected chi connectivity index (χ0v) is 15.0. The summed E-state index contributed by atoms with van der Waals surface area (Å²) in [4.78, 5) is 12.7. The molecular formula is C19H19N5O3. The molecule has 0 atom stereocenters. The van der Waals surface area contributed by atoms with E-state index in [4.69, 9.17) is 9.47 Å². The zero-order chi connectivity index (χ0) is 18.8. The van der Waals surface area contributed by atoms with Crippen LogP contribution in [0.15, 0.2) is 42.5 Å². The standard InChI is InChI=1S/C19H19N5O3/c1-26-16-9-13(10-17(11-16)27-2)19(25)20-14-5-3-4-12(8-14)18-21-22-23-24(18)15-6-7-15/h3-5,8-11,15H,6-7H2,1-2H3,(H,20,25). The normalized spacial score (nSPS) is 13.3. The summed E-state index contributed by atoms with van der Waals surface area (Å²) in [7, 11) is 3.09. The van der Waals surface area contributed by atoms with Crippen molar-refractivity contribution in [3.63, 3.8) is 0 Å². The third-order valence-electron chi connectivity index (χ3n) is 4.38. The lowest BCUT2D eigenvalue weighted by Crippen LogP contribution is -2.12. The quantitative estimate of drug-likeness (QED) is 0.722. The smallest absolute Gasteiger partial charge is 0.255 e. The third-order valence-corrected chi connectivity index (χ3v) is 4.38. The van der Waals surface area contributed by atoms with Gasteiger partial charge in [-0.2, -0.15) is 0 Å². The van der Waals surface area contributed by atoms with Crippen LogP contribution in [0.5, 0.6) is 11.5 Å². The molecule has 3 aromatic rings. The molecule has 1 aromatic heterocycles. The number of ether oxygens (including phenoxy) is 2. The van der Waals surface area contributed by atoms with Crippen LogP contribution in [0.1, 0.15) is 29.2 Å². The average Bonchev–Trinajstić information content (AvgIpc) is 3.43. The maximum atomic E-state index is 12.7. The molecule has 1 heterocycles. The van der Waals surface area contributed by atoms with Gasteiger partial charge in [0.05, 0.1) is 20.3 Å². The molecule has 1 fully saturated rings. The highest BCUT2D eigenvalue weighted by atomic mass is 16.5. The summed E-state index contributed by atoms with van der Waals surface area (Å²) in [6.45, 7) is 0. The number of aromatic nitrogens is 4. The molecular weight excluding hydrogens is 346 g/mol. The Hall–Kier alpha value is -3.42. The van der Waals surface area contributed by atoms with E-state index in [-0.39, 0.29) is 5.91 Å². The molecule has 1 amide bonds. The maximum Gasteiger partial charge on any atom is 0.255 e. The predicted molar refractivity (Wildman–Crippen MR) is 99.0 cm³/mol. The molecule has 1 saturated carbocycles. The van der Waals surface area contributed by atoms with Crippen LogP contribution in [0.25, 0.3) is 11.4 Å². The molecule has 0 bridgehead atoms. The van der Waals surface area contributed by atoms with E-state index in [2.05, 4.69) is 20.8 Å². The van der Waals surface area contributed by atoms with E-state index in [1.54, 1.807) is 32.4 Å². The Morgan fingerprint density at radius 1 is 1.11 bits per heavy atom. The van der Waals surface area contributed by atoms with E-state index in [1.165, 1.54) is 0 Å². The second kappa shape index (κ2) is 7.06. The van der Waals surface area contributed by atoms with Crippen LogP contribution in [0, 0.1) is 0 Å². The van der Waals surface area contributed by atoms with Crippen LogP contribution >= 0.6 is 0 Å². The number of hydrogen-bond acceptors (Lipinski definition) is 6. The van der Waals surface area contributed by atoms with Gasteiger partial charge in [-0.3, -0.25) is 4.79 Å². The van der Waals surface area contributed by atoms with E-state index in [0.717, 1.165) is 18.4 Å². The zero-order valence-electron chi connectivity index (χ0n) is 15.0. The number of anilines is 1. The van der Waals surface area contributed by atoms with Crippen molar-refractivity contribution >= 4 is 11.6 Å². The first kappa shape index (κ1) is 17.0. The molecule has 0 unspecified atom stereocenters. The fourth-order valence-corrected chi connectivity index (χ4v) is 2.83. The van der Waals surface area contributed by atoms with Crippen LogP contribution in [0.4, 0.5) is 5.69 Å². The monoisotopic (exact) mass is 365 g/mol. The van der Waals surface area contributed by atoms with Gasteiger partial charge in [0.25, 0.3) is 5.91 Å². The van der Waals surface area contributed by atoms with Crippen molar-refractivity contribution in [3.05, 3.63) is 48.0 Å². The van der Waals surface area contributed by atoms with Gasteiger partial charge in [0.15, 0.2) is 5.82 Å². The Kier molecular flexibility index (Phi) is 4.45. The number of carbonyl (C=O) groups is 1. The summed E-state index contributed by atoms with van der Waals surface area (Å²) in [5.74, 6) is 1.55. The molecule has 8 nitrogen and oxygen atoms in total. The second-order valence-electron chi connectivity index (χ2n) is 6.31.